The van der Waals surface area contributed by atoms with E-state index in [9.17, 15) is 9.59 Å². The fourth-order valence-corrected chi connectivity index (χ4v) is 2.22. The Bertz CT molecular complexity index is 548. The summed E-state index contributed by atoms with van der Waals surface area (Å²) < 4.78 is 4.75. The van der Waals surface area contributed by atoms with Crippen molar-refractivity contribution in [2.75, 3.05) is 13.7 Å². The molecule has 1 aromatic rings. The molecule has 23 heavy (non-hydrogen) atoms. The van der Waals surface area contributed by atoms with E-state index in [1.165, 1.54) is 12.7 Å². The van der Waals surface area contributed by atoms with Crippen LogP contribution >= 0.6 is 0 Å². The Morgan fingerprint density at radius 1 is 1.22 bits per heavy atom. The molecule has 0 aliphatic carbocycles. The lowest BCUT2D eigenvalue weighted by Gasteiger charge is -2.29. The molecule has 4 heteroatoms. The summed E-state index contributed by atoms with van der Waals surface area (Å²) in [4.78, 5) is 25.9. The van der Waals surface area contributed by atoms with Gasteiger partial charge in [-0.05, 0) is 31.9 Å². The predicted octanol–water partition coefficient (Wildman–Crippen LogP) is 3.44. The molecule has 1 amide bonds. The predicted molar refractivity (Wildman–Crippen MR) is 92.9 cm³/mol. The number of methoxy groups -OCH3 is 1. The first-order chi connectivity index (χ1) is 10.9. The first-order valence-corrected chi connectivity index (χ1v) is 8.02. The van der Waals surface area contributed by atoms with Crippen LogP contribution < -0.4 is 0 Å². The first-order valence-electron chi connectivity index (χ1n) is 8.02. The molecule has 0 radical (unpaired) electrons. The van der Waals surface area contributed by atoms with Gasteiger partial charge in [-0.1, -0.05) is 43.7 Å². The molecule has 2 atom stereocenters. The van der Waals surface area contributed by atoms with E-state index in [-0.39, 0.29) is 23.8 Å². The number of amides is 1. The SMILES string of the molecule is CCC(C)N(CC(C)C(=O)OC)C(=O)/C=C/c1ccc(C)cc1. The Morgan fingerprint density at radius 2 is 1.83 bits per heavy atom. The van der Waals surface area contributed by atoms with Crippen molar-refractivity contribution in [2.45, 2.75) is 40.2 Å². The van der Waals surface area contributed by atoms with Gasteiger partial charge in [0.2, 0.25) is 5.91 Å². The van der Waals surface area contributed by atoms with Crippen molar-refractivity contribution in [3.05, 3.63) is 41.5 Å². The Labute approximate surface area is 139 Å². The number of benzene rings is 1. The van der Waals surface area contributed by atoms with Gasteiger partial charge >= 0.3 is 5.97 Å². The van der Waals surface area contributed by atoms with E-state index in [0.29, 0.717) is 6.54 Å². The number of carbonyl (C=O) groups excluding carboxylic acids is 2. The summed E-state index contributed by atoms with van der Waals surface area (Å²) in [5.74, 6) is -0.727. The Hall–Kier alpha value is -2.10. The van der Waals surface area contributed by atoms with E-state index in [4.69, 9.17) is 4.74 Å². The quantitative estimate of drug-likeness (QED) is 0.571. The van der Waals surface area contributed by atoms with Crippen LogP contribution in [0.3, 0.4) is 0 Å². The molecule has 4 nitrogen and oxygen atoms in total. The standard InChI is InChI=1S/C19H27NO3/c1-6-16(4)20(13-15(3)19(22)23-5)18(21)12-11-17-9-7-14(2)8-10-17/h7-12,15-16H,6,13H2,1-5H3/b12-11+. The molecule has 2 unspecified atom stereocenters. The molecule has 126 valence electrons. The van der Waals surface area contributed by atoms with E-state index in [2.05, 4.69) is 0 Å². The van der Waals surface area contributed by atoms with E-state index < -0.39 is 0 Å². The van der Waals surface area contributed by atoms with E-state index >= 15 is 0 Å². The molecule has 0 fully saturated rings. The topological polar surface area (TPSA) is 46.6 Å². The second-order valence-electron chi connectivity index (χ2n) is 5.92. The number of rotatable bonds is 7. The molecule has 0 bridgehead atoms. The molecular weight excluding hydrogens is 290 g/mol. The molecule has 1 aromatic carbocycles. The molecule has 0 aliphatic rings. The highest BCUT2D eigenvalue weighted by Gasteiger charge is 2.23. The minimum atomic E-state index is -0.342. The minimum Gasteiger partial charge on any atom is -0.469 e. The van der Waals surface area contributed by atoms with Crippen molar-refractivity contribution in [1.82, 2.24) is 4.90 Å². The molecule has 0 saturated carbocycles. The van der Waals surface area contributed by atoms with E-state index in [0.717, 1.165) is 12.0 Å². The summed E-state index contributed by atoms with van der Waals surface area (Å²) in [5.41, 5.74) is 2.16. The first kappa shape index (κ1) is 18.9. The molecule has 0 N–H and O–H groups in total. The minimum absolute atomic E-state index is 0.0669. The lowest BCUT2D eigenvalue weighted by Crippen LogP contribution is -2.42. The highest BCUT2D eigenvalue weighted by atomic mass is 16.5. The van der Waals surface area contributed by atoms with Gasteiger partial charge < -0.3 is 9.64 Å². The van der Waals surface area contributed by atoms with Crippen molar-refractivity contribution in [3.63, 3.8) is 0 Å². The second kappa shape index (κ2) is 9.13. The largest absolute Gasteiger partial charge is 0.469 e. The van der Waals surface area contributed by atoms with Crippen molar-refractivity contribution in [1.29, 1.82) is 0 Å². The summed E-state index contributed by atoms with van der Waals surface area (Å²) in [6.45, 7) is 8.17. The third-order valence-corrected chi connectivity index (χ3v) is 3.98. The summed E-state index contributed by atoms with van der Waals surface area (Å²) >= 11 is 0. The lowest BCUT2D eigenvalue weighted by atomic mass is 10.1. The van der Waals surface area contributed by atoms with Crippen LogP contribution in [-0.2, 0) is 14.3 Å². The highest BCUT2D eigenvalue weighted by Crippen LogP contribution is 2.12. The molecule has 0 saturated heterocycles. The van der Waals surface area contributed by atoms with Crippen LogP contribution in [0.15, 0.2) is 30.3 Å². The Kier molecular flexibility index (Phi) is 7.52. The van der Waals surface area contributed by atoms with Crippen LogP contribution in [0.1, 0.15) is 38.3 Å². The zero-order valence-electron chi connectivity index (χ0n) is 14.7. The van der Waals surface area contributed by atoms with Crippen molar-refractivity contribution in [2.24, 2.45) is 5.92 Å². The maximum atomic E-state index is 12.5. The number of ether oxygens (including phenoxy) is 1. The molecule has 0 aromatic heterocycles. The molecule has 0 aliphatic heterocycles. The van der Waals surface area contributed by atoms with Gasteiger partial charge in [0.25, 0.3) is 0 Å². The van der Waals surface area contributed by atoms with Crippen LogP contribution in [0.2, 0.25) is 0 Å². The van der Waals surface area contributed by atoms with Crippen molar-refractivity contribution >= 4 is 18.0 Å². The molecular formula is C19H27NO3. The van der Waals surface area contributed by atoms with Crippen molar-refractivity contribution in [3.8, 4) is 0 Å². The monoisotopic (exact) mass is 317 g/mol. The van der Waals surface area contributed by atoms with Crippen LogP contribution in [-0.4, -0.2) is 36.5 Å². The molecule has 0 spiro atoms. The summed E-state index contributed by atoms with van der Waals surface area (Å²) in [6, 6.07) is 8.04. The number of esters is 1. The summed E-state index contributed by atoms with van der Waals surface area (Å²) in [5, 5.41) is 0. The maximum absolute atomic E-state index is 12.5. The third-order valence-electron chi connectivity index (χ3n) is 3.98. The number of hydrogen-bond acceptors (Lipinski definition) is 3. The fourth-order valence-electron chi connectivity index (χ4n) is 2.22. The zero-order valence-corrected chi connectivity index (χ0v) is 14.7. The number of aryl methyl sites for hydroxylation is 1. The van der Waals surface area contributed by atoms with Crippen LogP contribution in [0.25, 0.3) is 6.08 Å². The number of nitrogens with zero attached hydrogens (tertiary/aromatic N) is 1. The Morgan fingerprint density at radius 3 is 2.35 bits per heavy atom. The number of carbonyl (C=O) groups is 2. The molecule has 0 heterocycles. The maximum Gasteiger partial charge on any atom is 0.310 e. The van der Waals surface area contributed by atoms with Gasteiger partial charge in [-0.25, -0.2) is 0 Å². The van der Waals surface area contributed by atoms with Gasteiger partial charge in [-0.15, -0.1) is 0 Å². The number of hydrogen-bond donors (Lipinski definition) is 0. The van der Waals surface area contributed by atoms with E-state index in [1.807, 2.05) is 45.0 Å². The Balaban J connectivity index is 2.83. The van der Waals surface area contributed by atoms with Crippen LogP contribution in [0, 0.1) is 12.8 Å². The smallest absolute Gasteiger partial charge is 0.310 e. The average Bonchev–Trinajstić information content (AvgIpc) is 2.57. The second-order valence-corrected chi connectivity index (χ2v) is 5.92. The van der Waals surface area contributed by atoms with Crippen LogP contribution in [0.4, 0.5) is 0 Å². The van der Waals surface area contributed by atoms with Gasteiger partial charge in [0.05, 0.1) is 13.0 Å². The lowest BCUT2D eigenvalue weighted by molar-refractivity contribution is -0.146. The highest BCUT2D eigenvalue weighted by molar-refractivity contribution is 5.92. The summed E-state index contributed by atoms with van der Waals surface area (Å²) in [6.07, 6.45) is 4.21. The normalized spacial score (nSPS) is 13.6. The van der Waals surface area contributed by atoms with Gasteiger partial charge in [0, 0.05) is 18.7 Å². The molecule has 1 rings (SSSR count). The third kappa shape index (κ3) is 5.89. The van der Waals surface area contributed by atoms with Crippen LogP contribution in [0.5, 0.6) is 0 Å². The van der Waals surface area contributed by atoms with E-state index in [1.54, 1.807) is 24.0 Å². The van der Waals surface area contributed by atoms with Gasteiger partial charge in [-0.3, -0.25) is 9.59 Å². The average molecular weight is 317 g/mol. The van der Waals surface area contributed by atoms with Gasteiger partial charge in [0.1, 0.15) is 0 Å². The zero-order chi connectivity index (χ0) is 17.4. The van der Waals surface area contributed by atoms with Crippen molar-refractivity contribution < 1.29 is 14.3 Å². The fraction of sp³-hybridized carbons (Fsp3) is 0.474. The van der Waals surface area contributed by atoms with Gasteiger partial charge in [-0.2, -0.15) is 0 Å². The van der Waals surface area contributed by atoms with Gasteiger partial charge in [0.15, 0.2) is 0 Å². The summed E-state index contributed by atoms with van der Waals surface area (Å²) in [7, 11) is 1.37.